The Morgan fingerprint density at radius 1 is 1.14 bits per heavy atom. The largest absolute Gasteiger partial charge is 0.356 e. The van der Waals surface area contributed by atoms with E-state index >= 15 is 8.78 Å². The lowest BCUT2D eigenvalue weighted by Crippen LogP contribution is -2.53. The molecule has 0 saturated heterocycles. The molecule has 0 spiro atoms. The van der Waals surface area contributed by atoms with Gasteiger partial charge < -0.3 is 4.98 Å². The number of benzene rings is 2. The number of para-hydroxylation sites is 1. The third-order valence-corrected chi connectivity index (χ3v) is 6.29. The molecule has 2 heterocycles. The standard InChI is InChI=1S/C23H25BrF2N2/c1-3-4-7-10-23(21-18(25)12-15(24)13-19(21)26)22-17(11-14(2)28-23)16-8-5-6-9-20(16)27-22/h5-6,8-9,12-14,27-28H,3-4,7,10-11H2,1-2H3. The first kappa shape index (κ1) is 19.6. The highest BCUT2D eigenvalue weighted by Gasteiger charge is 2.45. The second-order valence-corrected chi connectivity index (χ2v) is 8.80. The summed E-state index contributed by atoms with van der Waals surface area (Å²) in [7, 11) is 0. The summed E-state index contributed by atoms with van der Waals surface area (Å²) in [5.41, 5.74) is 2.30. The summed E-state index contributed by atoms with van der Waals surface area (Å²) in [6.45, 7) is 4.23. The molecule has 1 aromatic heterocycles. The molecule has 4 rings (SSSR count). The van der Waals surface area contributed by atoms with E-state index in [4.69, 9.17) is 0 Å². The van der Waals surface area contributed by atoms with Gasteiger partial charge in [0, 0.05) is 32.7 Å². The van der Waals surface area contributed by atoms with Crippen molar-refractivity contribution in [3.05, 3.63) is 69.3 Å². The molecule has 0 aliphatic carbocycles. The van der Waals surface area contributed by atoms with Crippen LogP contribution >= 0.6 is 15.9 Å². The Bertz CT molecular complexity index is 990. The van der Waals surface area contributed by atoms with Gasteiger partial charge in [-0.2, -0.15) is 0 Å². The quantitative estimate of drug-likeness (QED) is 0.426. The predicted molar refractivity (Wildman–Crippen MR) is 114 cm³/mol. The van der Waals surface area contributed by atoms with Crippen molar-refractivity contribution >= 4 is 26.8 Å². The maximum absolute atomic E-state index is 15.2. The topological polar surface area (TPSA) is 27.8 Å². The Morgan fingerprint density at radius 2 is 1.86 bits per heavy atom. The van der Waals surface area contributed by atoms with Gasteiger partial charge in [0.1, 0.15) is 11.6 Å². The maximum atomic E-state index is 15.2. The SMILES string of the molecule is CCCCCC1(c2c(F)cc(Br)cc2F)NC(C)Cc2c1[nH]c1ccccc21. The highest BCUT2D eigenvalue weighted by atomic mass is 79.9. The van der Waals surface area contributed by atoms with Crippen LogP contribution in [-0.2, 0) is 12.0 Å². The predicted octanol–water partition coefficient (Wildman–Crippen LogP) is 6.57. The molecule has 0 bridgehead atoms. The van der Waals surface area contributed by atoms with Crippen LogP contribution in [0.4, 0.5) is 8.78 Å². The molecule has 1 aliphatic heterocycles. The molecular formula is C23H25BrF2N2. The van der Waals surface area contributed by atoms with Gasteiger partial charge in [0.05, 0.1) is 5.54 Å². The maximum Gasteiger partial charge on any atom is 0.132 e. The zero-order valence-electron chi connectivity index (χ0n) is 16.2. The first-order valence-electron chi connectivity index (χ1n) is 9.99. The molecule has 5 heteroatoms. The minimum absolute atomic E-state index is 0.107. The third-order valence-electron chi connectivity index (χ3n) is 5.83. The number of H-pyrrole nitrogens is 1. The fourth-order valence-electron chi connectivity index (χ4n) is 4.74. The molecule has 2 nitrogen and oxygen atoms in total. The summed E-state index contributed by atoms with van der Waals surface area (Å²) in [4.78, 5) is 3.51. The second kappa shape index (κ2) is 7.60. The Balaban J connectivity index is 2.00. The van der Waals surface area contributed by atoms with Crippen molar-refractivity contribution in [2.75, 3.05) is 0 Å². The van der Waals surface area contributed by atoms with Crippen molar-refractivity contribution in [3.8, 4) is 0 Å². The zero-order valence-corrected chi connectivity index (χ0v) is 17.8. The lowest BCUT2D eigenvalue weighted by atomic mass is 9.75. The van der Waals surface area contributed by atoms with Gasteiger partial charge in [0.25, 0.3) is 0 Å². The van der Waals surface area contributed by atoms with E-state index in [2.05, 4.69) is 46.1 Å². The van der Waals surface area contributed by atoms with E-state index in [0.29, 0.717) is 10.9 Å². The molecule has 148 valence electrons. The molecule has 2 unspecified atom stereocenters. The van der Waals surface area contributed by atoms with Gasteiger partial charge in [-0.1, -0.05) is 60.3 Å². The Kier molecular flexibility index (Phi) is 5.32. The minimum atomic E-state index is -0.907. The summed E-state index contributed by atoms with van der Waals surface area (Å²) < 4.78 is 30.8. The number of aromatic amines is 1. The van der Waals surface area contributed by atoms with Gasteiger partial charge in [-0.3, -0.25) is 5.32 Å². The number of fused-ring (bicyclic) bond motifs is 3. The van der Waals surface area contributed by atoms with Crippen molar-refractivity contribution in [1.29, 1.82) is 0 Å². The van der Waals surface area contributed by atoms with Crippen LogP contribution in [0, 0.1) is 11.6 Å². The van der Waals surface area contributed by atoms with Crippen LogP contribution in [-0.4, -0.2) is 11.0 Å². The third kappa shape index (κ3) is 3.18. The lowest BCUT2D eigenvalue weighted by molar-refractivity contribution is 0.274. The summed E-state index contributed by atoms with van der Waals surface area (Å²) in [6.07, 6.45) is 4.43. The van der Waals surface area contributed by atoms with Crippen LogP contribution < -0.4 is 5.32 Å². The molecule has 0 saturated carbocycles. The average Bonchev–Trinajstić information content (AvgIpc) is 3.00. The van der Waals surface area contributed by atoms with E-state index in [0.717, 1.165) is 42.3 Å². The summed E-state index contributed by atoms with van der Waals surface area (Å²) >= 11 is 3.22. The number of hydrogen-bond acceptors (Lipinski definition) is 1. The summed E-state index contributed by atoms with van der Waals surface area (Å²) in [5.74, 6) is -1.04. The number of halogens is 3. The molecule has 2 N–H and O–H groups in total. The lowest BCUT2D eigenvalue weighted by Gasteiger charge is -2.42. The monoisotopic (exact) mass is 446 g/mol. The highest BCUT2D eigenvalue weighted by Crippen LogP contribution is 2.45. The molecule has 2 atom stereocenters. The fraction of sp³-hybridized carbons (Fsp3) is 0.391. The van der Waals surface area contributed by atoms with Crippen molar-refractivity contribution in [1.82, 2.24) is 10.3 Å². The number of hydrogen-bond donors (Lipinski definition) is 2. The highest BCUT2D eigenvalue weighted by molar-refractivity contribution is 9.10. The van der Waals surface area contributed by atoms with E-state index in [1.165, 1.54) is 17.7 Å². The molecule has 0 radical (unpaired) electrons. The van der Waals surface area contributed by atoms with Gasteiger partial charge in [-0.25, -0.2) is 8.78 Å². The smallest absolute Gasteiger partial charge is 0.132 e. The molecule has 3 aromatic rings. The van der Waals surface area contributed by atoms with Gasteiger partial charge in [0.15, 0.2) is 0 Å². The number of rotatable bonds is 5. The van der Waals surface area contributed by atoms with E-state index in [1.807, 2.05) is 18.2 Å². The second-order valence-electron chi connectivity index (χ2n) is 7.88. The molecular weight excluding hydrogens is 422 g/mol. The first-order chi connectivity index (χ1) is 13.5. The molecule has 28 heavy (non-hydrogen) atoms. The zero-order chi connectivity index (χ0) is 19.9. The van der Waals surface area contributed by atoms with Crippen LogP contribution in [0.2, 0.25) is 0 Å². The van der Waals surface area contributed by atoms with Crippen LogP contribution in [0.15, 0.2) is 40.9 Å². The molecule has 0 amide bonds. The van der Waals surface area contributed by atoms with Gasteiger partial charge in [-0.15, -0.1) is 0 Å². The minimum Gasteiger partial charge on any atom is -0.356 e. The molecule has 1 aliphatic rings. The fourth-order valence-corrected chi connectivity index (χ4v) is 5.14. The first-order valence-corrected chi connectivity index (χ1v) is 10.8. The van der Waals surface area contributed by atoms with E-state index in [-0.39, 0.29) is 11.6 Å². The van der Waals surface area contributed by atoms with Crippen molar-refractivity contribution in [2.24, 2.45) is 0 Å². The van der Waals surface area contributed by atoms with Crippen LogP contribution in [0.1, 0.15) is 56.4 Å². The Morgan fingerprint density at radius 3 is 2.57 bits per heavy atom. The summed E-state index contributed by atoms with van der Waals surface area (Å²) in [5, 5.41) is 4.74. The van der Waals surface area contributed by atoms with Gasteiger partial charge in [0.2, 0.25) is 0 Å². The number of aromatic nitrogens is 1. The number of nitrogens with one attached hydrogen (secondary N) is 2. The van der Waals surface area contributed by atoms with Crippen LogP contribution in [0.3, 0.4) is 0 Å². The average molecular weight is 447 g/mol. The van der Waals surface area contributed by atoms with Gasteiger partial charge >= 0.3 is 0 Å². The van der Waals surface area contributed by atoms with E-state index in [9.17, 15) is 0 Å². The van der Waals surface area contributed by atoms with Crippen molar-refractivity contribution in [2.45, 2.75) is 57.5 Å². The van der Waals surface area contributed by atoms with Crippen molar-refractivity contribution in [3.63, 3.8) is 0 Å². The van der Waals surface area contributed by atoms with Crippen LogP contribution in [0.5, 0.6) is 0 Å². The number of unbranched alkanes of at least 4 members (excludes halogenated alkanes) is 2. The molecule has 0 fully saturated rings. The van der Waals surface area contributed by atoms with Crippen molar-refractivity contribution < 1.29 is 8.78 Å². The molecule has 2 aromatic carbocycles. The van der Waals surface area contributed by atoms with E-state index < -0.39 is 17.2 Å². The van der Waals surface area contributed by atoms with Gasteiger partial charge in [-0.05, 0) is 43.5 Å². The van der Waals surface area contributed by atoms with Crippen LogP contribution in [0.25, 0.3) is 10.9 Å². The Labute approximate surface area is 172 Å². The Hall–Kier alpha value is -1.72. The summed E-state index contributed by atoms with van der Waals surface area (Å²) in [6, 6.07) is 11.0. The van der Waals surface area contributed by atoms with E-state index in [1.54, 1.807) is 0 Å². The normalized spacial score (nSPS) is 21.8.